The Labute approximate surface area is 165 Å². The van der Waals surface area contributed by atoms with E-state index in [4.69, 9.17) is 5.11 Å². The maximum atomic E-state index is 13.3. The fraction of sp³-hybridized carbons (Fsp3) is 0.818. The third-order valence-electron chi connectivity index (χ3n) is 3.67. The topological polar surface area (TPSA) is 54.4 Å². The van der Waals surface area contributed by atoms with Crippen molar-refractivity contribution in [3.05, 3.63) is 0 Å². The molecule has 0 aromatic heterocycles. The van der Waals surface area contributed by atoms with Crippen LogP contribution in [0.1, 0.15) is 0 Å². The van der Waals surface area contributed by atoms with Crippen LogP contribution in [-0.2, 0) is 9.59 Å². The Morgan fingerprint density at radius 1 is 0.394 bits per heavy atom. The summed E-state index contributed by atoms with van der Waals surface area (Å²) in [4.78, 5) is 19.5. The van der Waals surface area contributed by atoms with Crippen LogP contribution in [0.25, 0.3) is 0 Å². The first-order chi connectivity index (χ1) is 13.9. The summed E-state index contributed by atoms with van der Waals surface area (Å²) in [5, 5.41) is 7.63. The first-order valence-corrected chi connectivity index (χ1v) is 6.72. The van der Waals surface area contributed by atoms with Gasteiger partial charge in [-0.2, -0.15) is 83.4 Å². The predicted molar refractivity (Wildman–Crippen MR) is 58.3 cm³/mol. The van der Waals surface area contributed by atoms with E-state index in [1.807, 2.05) is 0 Å². The Kier molecular flexibility index (Phi) is 6.91. The van der Waals surface area contributed by atoms with E-state index >= 15 is 0 Å². The number of aliphatic carboxylic acids is 1. The molecule has 0 unspecified atom stereocenters. The monoisotopic (exact) mass is 542 g/mol. The van der Waals surface area contributed by atoms with Gasteiger partial charge in [0.25, 0.3) is 0 Å². The van der Waals surface area contributed by atoms with Crippen LogP contribution in [0.3, 0.4) is 0 Å². The highest BCUT2D eigenvalue weighted by Gasteiger charge is 2.97. The molecular weight excluding hydrogens is 541 g/mol. The summed E-state index contributed by atoms with van der Waals surface area (Å²) < 4.78 is 246. The van der Waals surface area contributed by atoms with Crippen molar-refractivity contribution in [1.29, 1.82) is 0 Å². The molecule has 0 bridgehead atoms. The molecule has 0 aliphatic carbocycles. The van der Waals surface area contributed by atoms with Crippen LogP contribution in [0.15, 0.2) is 0 Å². The highest BCUT2D eigenvalue weighted by Crippen LogP contribution is 2.65. The smallest absolute Gasteiger partial charge is 0.410 e. The molecule has 33 heavy (non-hydrogen) atoms. The second-order valence-electron chi connectivity index (χ2n) is 5.75. The Balaban J connectivity index is 7.06. The van der Waals surface area contributed by atoms with Gasteiger partial charge < -0.3 is 5.11 Å². The molecule has 196 valence electrons. The lowest BCUT2D eigenvalue weighted by Gasteiger charge is -2.43. The van der Waals surface area contributed by atoms with Crippen molar-refractivity contribution in [1.82, 2.24) is 0 Å². The number of carboxylic acids is 1. The van der Waals surface area contributed by atoms with Gasteiger partial charge in [-0.1, -0.05) is 0 Å². The molecule has 3 nitrogen and oxygen atoms in total. The van der Waals surface area contributed by atoms with E-state index in [0.717, 1.165) is 0 Å². The predicted octanol–water partition coefficient (Wildman–Crippen LogP) is 5.28. The molecule has 0 saturated carbocycles. The van der Waals surface area contributed by atoms with Crippen molar-refractivity contribution >= 4 is 12.0 Å². The number of hydrogen-bond donors (Lipinski definition) is 1. The molecule has 0 fully saturated rings. The van der Waals surface area contributed by atoms with Crippen LogP contribution in [0, 0.1) is 0 Å². The Morgan fingerprint density at radius 2 is 0.576 bits per heavy atom. The molecule has 0 amide bonds. The minimum Gasteiger partial charge on any atom is -0.477 e. The lowest BCUT2D eigenvalue weighted by molar-refractivity contribution is -0.458. The fourth-order valence-electron chi connectivity index (χ4n) is 1.64. The van der Waals surface area contributed by atoms with Gasteiger partial charge in [0, 0.05) is 0 Å². The summed E-state index contributed by atoms with van der Waals surface area (Å²) in [5.41, 5.74) is 0. The molecule has 0 aliphatic rings. The molecule has 0 aromatic carbocycles. The average Bonchev–Trinajstić information content (AvgIpc) is 2.59. The number of carbonyl (C=O) groups is 2. The van der Waals surface area contributed by atoms with Crippen LogP contribution < -0.4 is 0 Å². The summed E-state index contributed by atoms with van der Waals surface area (Å²) in [7, 11) is 0. The van der Waals surface area contributed by atoms with E-state index in [2.05, 4.69) is 0 Å². The quantitative estimate of drug-likeness (QED) is 0.302. The summed E-state index contributed by atoms with van der Waals surface area (Å²) >= 11 is 0. The third-order valence-corrected chi connectivity index (χ3v) is 3.67. The van der Waals surface area contributed by atoms with Crippen molar-refractivity contribution in [3.63, 3.8) is 0 Å². The minimum absolute atomic E-state index is 4.50. The maximum Gasteiger partial charge on any atom is 0.410 e. The molecular formula is C11HF19O3. The van der Waals surface area contributed by atoms with Gasteiger partial charge in [-0.3, -0.25) is 4.79 Å². The van der Waals surface area contributed by atoms with Crippen LogP contribution in [-0.4, -0.2) is 70.4 Å². The fourth-order valence-corrected chi connectivity index (χ4v) is 1.64. The number of hydrogen-bond acceptors (Lipinski definition) is 2. The average molecular weight is 542 g/mol. The molecule has 0 radical (unpaired) electrons. The van der Waals surface area contributed by atoms with Crippen LogP contribution >= 0.6 is 0 Å². The van der Waals surface area contributed by atoms with E-state index < -0.39 is 65.3 Å². The van der Waals surface area contributed by atoms with E-state index in [-0.39, 0.29) is 0 Å². The largest absolute Gasteiger partial charge is 0.477 e. The number of carboxylic acid groups (broad SMARTS) is 1. The summed E-state index contributed by atoms with van der Waals surface area (Å²) in [6.07, 6.45) is 0. The van der Waals surface area contributed by atoms with Gasteiger partial charge >= 0.3 is 65.3 Å². The highest BCUT2D eigenvalue weighted by atomic mass is 19.4. The summed E-state index contributed by atoms with van der Waals surface area (Å²) in [6, 6.07) is -4.99. The SMILES string of the molecule is O=C(O)C(F)(F)C(F)(F)C(F)(F)C(F)(F)C(F)(F)C(F)(F)C(F)(F)C(F)(F)C(F)(F)C(=O)F. The van der Waals surface area contributed by atoms with Gasteiger partial charge in [-0.25, -0.2) is 4.79 Å². The zero-order valence-electron chi connectivity index (χ0n) is 13.9. The highest BCUT2D eigenvalue weighted by molar-refractivity contribution is 5.78. The van der Waals surface area contributed by atoms with Gasteiger partial charge in [0.05, 0.1) is 0 Å². The van der Waals surface area contributed by atoms with Gasteiger partial charge in [0.15, 0.2) is 0 Å². The standard InChI is InChI=1S/C11HF19O3/c12-1(31)3(13,14)5(17,18)7(21,22)9(25,26)11(29,30)10(27,28)8(23,24)6(19,20)4(15,16)2(32)33/h(H,32,33). The van der Waals surface area contributed by atoms with Crippen molar-refractivity contribution in [3.8, 4) is 0 Å². The minimum atomic E-state index is -9.14. The number of alkyl halides is 18. The normalized spacial score (nSPS) is 16.1. The molecule has 0 saturated heterocycles. The molecule has 0 heterocycles. The molecule has 22 heteroatoms. The molecule has 0 atom stereocenters. The first-order valence-electron chi connectivity index (χ1n) is 6.72. The maximum absolute atomic E-state index is 13.3. The number of carbonyl (C=O) groups excluding carboxylic acids is 1. The Morgan fingerprint density at radius 3 is 0.758 bits per heavy atom. The van der Waals surface area contributed by atoms with Crippen LogP contribution in [0.5, 0.6) is 0 Å². The van der Waals surface area contributed by atoms with E-state index in [9.17, 15) is 93.0 Å². The van der Waals surface area contributed by atoms with E-state index in [1.165, 1.54) is 0 Å². The third kappa shape index (κ3) is 3.44. The zero-order valence-corrected chi connectivity index (χ0v) is 13.9. The number of halogens is 19. The van der Waals surface area contributed by atoms with Gasteiger partial charge in [0.2, 0.25) is 0 Å². The lowest BCUT2D eigenvalue weighted by Crippen LogP contribution is -2.76. The van der Waals surface area contributed by atoms with E-state index in [0.29, 0.717) is 0 Å². The molecule has 0 aliphatic heterocycles. The molecule has 1 N–H and O–H groups in total. The van der Waals surface area contributed by atoms with Crippen molar-refractivity contribution < 1.29 is 98.1 Å². The summed E-state index contributed by atoms with van der Waals surface area (Å²) in [5.74, 6) is -81.6. The zero-order chi connectivity index (χ0) is 27.7. The molecule has 0 aromatic rings. The first kappa shape index (κ1) is 30.8. The van der Waals surface area contributed by atoms with Crippen molar-refractivity contribution in [2.45, 2.75) is 53.3 Å². The Hall–Kier alpha value is -2.19. The second-order valence-corrected chi connectivity index (χ2v) is 5.75. The molecule has 0 spiro atoms. The second kappa shape index (κ2) is 7.40. The van der Waals surface area contributed by atoms with Crippen LogP contribution in [0.2, 0.25) is 0 Å². The lowest BCUT2D eigenvalue weighted by atomic mass is 9.86. The van der Waals surface area contributed by atoms with Gasteiger partial charge in [-0.15, -0.1) is 0 Å². The number of rotatable bonds is 10. The van der Waals surface area contributed by atoms with Gasteiger partial charge in [-0.05, 0) is 0 Å². The Bertz CT molecular complexity index is 733. The van der Waals surface area contributed by atoms with Gasteiger partial charge in [0.1, 0.15) is 0 Å². The van der Waals surface area contributed by atoms with Crippen molar-refractivity contribution in [2.24, 2.45) is 0 Å². The summed E-state index contributed by atoms with van der Waals surface area (Å²) in [6.45, 7) is 0. The molecule has 0 rings (SSSR count). The van der Waals surface area contributed by atoms with Crippen LogP contribution in [0.4, 0.5) is 83.4 Å². The van der Waals surface area contributed by atoms with Crippen molar-refractivity contribution in [2.75, 3.05) is 0 Å². The van der Waals surface area contributed by atoms with E-state index in [1.54, 1.807) is 0 Å².